The molecule has 0 amide bonds. The molecule has 21 heteroatoms. The predicted octanol–water partition coefficient (Wildman–Crippen LogP) is 7.39. The first kappa shape index (κ1) is 25.1. The molecule has 0 spiro atoms. The normalized spacial score (nSPS) is 31.2. The molecule has 0 aromatic heterocycles. The average molecular weight is 493 g/mol. The van der Waals surface area contributed by atoms with E-state index in [0.717, 1.165) is 0 Å². The third-order valence-corrected chi connectivity index (χ3v) is 9.19. The van der Waals surface area contributed by atoms with Crippen molar-refractivity contribution < 1.29 is 65.7 Å². The Hall–Kier alpha value is 0.0200. The zero-order chi connectivity index (χ0) is 21.4. The van der Waals surface area contributed by atoms with E-state index in [1.165, 1.54) is 0 Å². The van der Waals surface area contributed by atoms with Gasteiger partial charge in [0.25, 0.3) is 0 Å². The van der Waals surface area contributed by atoms with E-state index in [0.29, 0.717) is 0 Å². The van der Waals surface area contributed by atoms with Gasteiger partial charge >= 0.3 is 142 Å². The SMILES string of the molecule is FC(CC(F)(F)F)OP1(F)=NP(F)N(F)[PH](F)(OC(F)CC(F)(F)F)N1F. The average Bonchev–Trinajstić information content (AvgIpc) is 2.39. The van der Waals surface area contributed by atoms with Crippen LogP contribution in [0.2, 0.25) is 0 Å². The number of rotatable bonds is 6. The van der Waals surface area contributed by atoms with Crippen LogP contribution in [0.15, 0.2) is 4.52 Å². The van der Waals surface area contributed by atoms with Crippen LogP contribution in [-0.4, -0.2) is 34.4 Å². The maximum atomic E-state index is 14.2. The zero-order valence-corrected chi connectivity index (χ0v) is 14.8. The fourth-order valence-electron chi connectivity index (χ4n) is 1.38. The molecule has 0 aromatic carbocycles. The van der Waals surface area contributed by atoms with Crippen LogP contribution in [0, 0.1) is 0 Å². The summed E-state index contributed by atoms with van der Waals surface area (Å²) in [6.45, 7) is 0. The van der Waals surface area contributed by atoms with Crippen molar-refractivity contribution in [3.8, 4) is 0 Å². The molecule has 0 radical (unpaired) electrons. The molecule has 1 aliphatic rings. The van der Waals surface area contributed by atoms with Gasteiger partial charge in [-0.2, -0.15) is 0 Å². The Bertz CT molecular complexity index is 576. The summed E-state index contributed by atoms with van der Waals surface area (Å²) in [5.74, 6) is 0. The Morgan fingerprint density at radius 2 is 1.44 bits per heavy atom. The van der Waals surface area contributed by atoms with Crippen LogP contribution in [-0.2, 0) is 9.05 Å². The molecule has 1 rings (SSSR count). The van der Waals surface area contributed by atoms with Gasteiger partial charge in [-0.3, -0.25) is 0 Å². The molecule has 0 saturated heterocycles. The van der Waals surface area contributed by atoms with Crippen molar-refractivity contribution >= 4 is 24.4 Å². The molecule has 4 atom stereocenters. The molecule has 0 bridgehead atoms. The fraction of sp³-hybridized carbons (Fsp3) is 1.00. The van der Waals surface area contributed by atoms with Gasteiger partial charge in [-0.25, -0.2) is 0 Å². The molecule has 5 nitrogen and oxygen atoms in total. The summed E-state index contributed by atoms with van der Waals surface area (Å²) in [6.07, 6.45) is -23.7. The van der Waals surface area contributed by atoms with Crippen molar-refractivity contribution in [2.75, 3.05) is 0 Å². The molecule has 0 aromatic rings. The Morgan fingerprint density at radius 3 is 1.89 bits per heavy atom. The fourth-order valence-corrected chi connectivity index (χ4v) is 7.87. The second-order valence-corrected chi connectivity index (χ2v) is 10.4. The van der Waals surface area contributed by atoms with Crippen LogP contribution in [0.3, 0.4) is 0 Å². The zero-order valence-electron chi connectivity index (χ0n) is 12.0. The molecule has 4 unspecified atom stereocenters. The summed E-state index contributed by atoms with van der Waals surface area (Å²) in [4.78, 5) is 0. The first-order chi connectivity index (χ1) is 11.9. The molecule has 0 fully saturated rings. The molecule has 0 aliphatic carbocycles. The van der Waals surface area contributed by atoms with Crippen LogP contribution in [0.25, 0.3) is 0 Å². The topological polar surface area (TPSA) is 37.3 Å². The summed E-state index contributed by atoms with van der Waals surface area (Å²) < 4.78 is 171. The molecule has 27 heavy (non-hydrogen) atoms. The molecule has 1 heterocycles. The number of halogens is 13. The molecule has 1 aliphatic heterocycles. The van der Waals surface area contributed by atoms with E-state index in [4.69, 9.17) is 0 Å². The van der Waals surface area contributed by atoms with Crippen molar-refractivity contribution in [2.45, 2.75) is 37.9 Å². The quantitative estimate of drug-likeness (QED) is 0.220. The first-order valence-electron chi connectivity index (χ1n) is 6.06. The van der Waals surface area contributed by atoms with Crippen LogP contribution in [0.5, 0.6) is 0 Å². The monoisotopic (exact) mass is 493 g/mol. The van der Waals surface area contributed by atoms with E-state index in [-0.39, 0.29) is 0 Å². The van der Waals surface area contributed by atoms with Crippen LogP contribution < -0.4 is 0 Å². The van der Waals surface area contributed by atoms with Crippen molar-refractivity contribution in [1.29, 1.82) is 0 Å². The number of hydrogen-bond donors (Lipinski definition) is 0. The van der Waals surface area contributed by atoms with E-state index < -0.39 is 71.6 Å². The van der Waals surface area contributed by atoms with E-state index in [1.54, 1.807) is 0 Å². The Morgan fingerprint density at radius 1 is 1.00 bits per heavy atom. The van der Waals surface area contributed by atoms with Gasteiger partial charge < -0.3 is 0 Å². The Kier molecular flexibility index (Phi) is 7.80. The van der Waals surface area contributed by atoms with E-state index in [9.17, 15) is 56.7 Å². The van der Waals surface area contributed by atoms with Gasteiger partial charge in [0.05, 0.1) is 0 Å². The van der Waals surface area contributed by atoms with Gasteiger partial charge in [-0.05, 0) is 0 Å². The van der Waals surface area contributed by atoms with Gasteiger partial charge in [0.1, 0.15) is 0 Å². The van der Waals surface area contributed by atoms with Crippen LogP contribution >= 0.6 is 24.4 Å². The predicted molar refractivity (Wildman–Crippen MR) is 67.1 cm³/mol. The molecule has 164 valence electrons. The standard InChI is InChI=1S/C6H7F13N3O2P3/c7-3(1-5(9,10)11)23-26(18)20-25(17)21(15)27(19,22(26)16)24-4(8)2-6(12,13)14/h3-4,27H,1-2H2. The van der Waals surface area contributed by atoms with Crippen LogP contribution in [0.1, 0.15) is 12.8 Å². The first-order valence-corrected chi connectivity index (χ1v) is 10.4. The van der Waals surface area contributed by atoms with E-state index in [1.807, 2.05) is 4.52 Å². The summed E-state index contributed by atoms with van der Waals surface area (Å²) in [7, 11) is -18.4. The van der Waals surface area contributed by atoms with Crippen molar-refractivity contribution in [3.63, 3.8) is 0 Å². The van der Waals surface area contributed by atoms with E-state index in [2.05, 4.69) is 9.05 Å². The second-order valence-electron chi connectivity index (χ2n) is 4.53. The van der Waals surface area contributed by atoms with Gasteiger partial charge in [-0.1, -0.05) is 0 Å². The van der Waals surface area contributed by atoms with Crippen LogP contribution in [0.4, 0.5) is 56.7 Å². The molecule has 0 saturated carbocycles. The van der Waals surface area contributed by atoms with Crippen molar-refractivity contribution in [2.24, 2.45) is 4.52 Å². The summed E-state index contributed by atoms with van der Waals surface area (Å²) >= 11 is 0. The number of alkyl halides is 8. The second kappa shape index (κ2) is 8.41. The summed E-state index contributed by atoms with van der Waals surface area (Å²) in [5, 5.41) is 0. The van der Waals surface area contributed by atoms with Gasteiger partial charge in [0.15, 0.2) is 0 Å². The summed E-state index contributed by atoms with van der Waals surface area (Å²) in [6, 6.07) is 0. The third-order valence-electron chi connectivity index (χ3n) is 2.31. The van der Waals surface area contributed by atoms with E-state index >= 15 is 0 Å². The van der Waals surface area contributed by atoms with Gasteiger partial charge in [-0.15, -0.1) is 0 Å². The van der Waals surface area contributed by atoms with Crippen molar-refractivity contribution in [3.05, 3.63) is 0 Å². The maximum absolute atomic E-state index is 14.2. The Labute approximate surface area is 143 Å². The number of nitrogens with zero attached hydrogens (tertiary/aromatic N) is 3. The summed E-state index contributed by atoms with van der Waals surface area (Å²) in [5.41, 5.74) is 0. The molecular formula is C6H7F13N3O2P3. The van der Waals surface area contributed by atoms with Gasteiger partial charge in [0, 0.05) is 0 Å². The molecular weight excluding hydrogens is 486 g/mol. The molecule has 0 N–H and O–H groups in total. The number of hydrogen-bond acceptors (Lipinski definition) is 5. The van der Waals surface area contributed by atoms with Crippen molar-refractivity contribution in [1.82, 2.24) is 9.33 Å². The minimum absolute atomic E-state index is 1.91. The minimum atomic E-state index is -7.21. The van der Waals surface area contributed by atoms with Gasteiger partial charge in [0.2, 0.25) is 0 Å². The Balaban J connectivity index is 3.11. The third kappa shape index (κ3) is 6.79.